The molecule has 0 saturated heterocycles. The molecule has 0 amide bonds. The van der Waals surface area contributed by atoms with E-state index >= 15 is 0 Å². The molecular weight excluding hydrogens is 214 g/mol. The van der Waals surface area contributed by atoms with Crippen molar-refractivity contribution in [3.05, 3.63) is 40.4 Å². The van der Waals surface area contributed by atoms with Gasteiger partial charge < -0.3 is 0 Å². The highest BCUT2D eigenvalue weighted by Gasteiger charge is 2.03. The van der Waals surface area contributed by atoms with Crippen molar-refractivity contribution >= 4 is 22.9 Å². The standard InChI is InChI=1S/C11H9ClNS/c1-2-10-7-13-11(14-10)8-4-3-5-9(12)6-8/h3-6H,2H2,1H3. The Labute approximate surface area is 92.4 Å². The number of hydrogen-bond donors (Lipinski definition) is 0. The Morgan fingerprint density at radius 2 is 2.36 bits per heavy atom. The minimum atomic E-state index is 0.746. The number of aromatic nitrogens is 1. The van der Waals surface area contributed by atoms with Crippen molar-refractivity contribution in [2.75, 3.05) is 0 Å². The molecule has 0 bridgehead atoms. The summed E-state index contributed by atoms with van der Waals surface area (Å²) in [6.45, 7) is 2.10. The second-order valence-electron chi connectivity index (χ2n) is 2.92. The summed E-state index contributed by atoms with van der Waals surface area (Å²) in [6.07, 6.45) is 3.98. The number of nitrogens with zero attached hydrogens (tertiary/aromatic N) is 1. The molecule has 71 valence electrons. The second-order valence-corrected chi connectivity index (χ2v) is 4.44. The molecule has 0 spiro atoms. The van der Waals surface area contributed by atoms with Crippen LogP contribution in [0, 0.1) is 6.20 Å². The fourth-order valence-corrected chi connectivity index (χ4v) is 2.17. The van der Waals surface area contributed by atoms with Crippen molar-refractivity contribution in [1.29, 1.82) is 0 Å². The zero-order valence-corrected chi connectivity index (χ0v) is 9.32. The van der Waals surface area contributed by atoms with Gasteiger partial charge in [0, 0.05) is 15.5 Å². The van der Waals surface area contributed by atoms with Crippen molar-refractivity contribution in [3.63, 3.8) is 0 Å². The van der Waals surface area contributed by atoms with Crippen molar-refractivity contribution in [2.24, 2.45) is 0 Å². The van der Waals surface area contributed by atoms with Crippen LogP contribution in [-0.4, -0.2) is 4.98 Å². The van der Waals surface area contributed by atoms with E-state index in [1.165, 1.54) is 4.88 Å². The minimum absolute atomic E-state index is 0.746. The Balaban J connectivity index is 2.39. The maximum absolute atomic E-state index is 5.90. The molecule has 0 saturated carbocycles. The van der Waals surface area contributed by atoms with E-state index < -0.39 is 0 Å². The number of rotatable bonds is 2. The zero-order chi connectivity index (χ0) is 9.97. The van der Waals surface area contributed by atoms with Gasteiger partial charge in [-0.2, -0.15) is 0 Å². The van der Waals surface area contributed by atoms with E-state index in [-0.39, 0.29) is 0 Å². The first-order chi connectivity index (χ1) is 6.79. The molecule has 0 aliphatic carbocycles. The summed E-state index contributed by atoms with van der Waals surface area (Å²) in [5.41, 5.74) is 1.07. The Morgan fingerprint density at radius 3 is 3.00 bits per heavy atom. The smallest absolute Gasteiger partial charge is 0.124 e. The Morgan fingerprint density at radius 1 is 1.50 bits per heavy atom. The molecule has 14 heavy (non-hydrogen) atoms. The SMILES string of the molecule is CCc1[c]nc(-c2cccc(Cl)c2)s1. The van der Waals surface area contributed by atoms with Crippen LogP contribution in [0.1, 0.15) is 11.8 Å². The van der Waals surface area contributed by atoms with Crippen molar-refractivity contribution in [1.82, 2.24) is 4.98 Å². The molecule has 0 aliphatic heterocycles. The molecule has 0 N–H and O–H groups in total. The molecule has 1 nitrogen and oxygen atoms in total. The van der Waals surface area contributed by atoms with Gasteiger partial charge in [0.2, 0.25) is 0 Å². The lowest BCUT2D eigenvalue weighted by Crippen LogP contribution is -1.73. The van der Waals surface area contributed by atoms with Crippen molar-refractivity contribution in [2.45, 2.75) is 13.3 Å². The topological polar surface area (TPSA) is 12.9 Å². The fourth-order valence-electron chi connectivity index (χ4n) is 1.17. The average molecular weight is 223 g/mol. The predicted octanol–water partition coefficient (Wildman–Crippen LogP) is 3.83. The maximum atomic E-state index is 5.90. The Kier molecular flexibility index (Phi) is 2.85. The van der Waals surface area contributed by atoms with Crippen LogP contribution in [0.3, 0.4) is 0 Å². The highest BCUT2D eigenvalue weighted by Crippen LogP contribution is 2.26. The Hall–Kier alpha value is -0.860. The summed E-state index contributed by atoms with van der Waals surface area (Å²) in [7, 11) is 0. The van der Waals surface area contributed by atoms with Crippen LogP contribution in [0.2, 0.25) is 5.02 Å². The molecule has 1 heterocycles. The average Bonchev–Trinajstić information content (AvgIpc) is 2.66. The first-order valence-electron chi connectivity index (χ1n) is 4.43. The molecule has 2 rings (SSSR count). The summed E-state index contributed by atoms with van der Waals surface area (Å²) in [5, 5.41) is 1.74. The summed E-state index contributed by atoms with van der Waals surface area (Å²) < 4.78 is 0. The van der Waals surface area contributed by atoms with Crippen LogP contribution in [0.15, 0.2) is 24.3 Å². The van der Waals surface area contributed by atoms with E-state index in [4.69, 9.17) is 11.6 Å². The monoisotopic (exact) mass is 222 g/mol. The van der Waals surface area contributed by atoms with Crippen molar-refractivity contribution in [3.8, 4) is 10.6 Å². The molecule has 1 aromatic carbocycles. The third-order valence-corrected chi connectivity index (χ3v) is 3.28. The van der Waals surface area contributed by atoms with Crippen LogP contribution in [0.4, 0.5) is 0 Å². The second kappa shape index (κ2) is 4.11. The van der Waals surface area contributed by atoms with Gasteiger partial charge in [0.25, 0.3) is 0 Å². The van der Waals surface area contributed by atoms with Gasteiger partial charge >= 0.3 is 0 Å². The first-order valence-corrected chi connectivity index (χ1v) is 5.62. The number of halogens is 1. The molecule has 1 radical (unpaired) electrons. The summed E-state index contributed by atoms with van der Waals surface area (Å²) >= 11 is 7.57. The van der Waals surface area contributed by atoms with Gasteiger partial charge in [0.05, 0.1) is 0 Å². The highest BCUT2D eigenvalue weighted by molar-refractivity contribution is 7.15. The minimum Gasteiger partial charge on any atom is -0.234 e. The zero-order valence-electron chi connectivity index (χ0n) is 7.75. The number of aryl methyl sites for hydroxylation is 1. The molecular formula is C11H9ClNS. The normalized spacial score (nSPS) is 10.4. The van der Waals surface area contributed by atoms with Crippen molar-refractivity contribution < 1.29 is 0 Å². The summed E-state index contributed by atoms with van der Waals surface area (Å²) in [4.78, 5) is 5.41. The molecule has 3 heteroatoms. The molecule has 0 atom stereocenters. The third-order valence-electron chi connectivity index (χ3n) is 1.89. The lowest BCUT2D eigenvalue weighted by atomic mass is 10.2. The van der Waals surface area contributed by atoms with E-state index in [0.29, 0.717) is 0 Å². The first kappa shape index (κ1) is 9.69. The number of hydrogen-bond acceptors (Lipinski definition) is 2. The quantitative estimate of drug-likeness (QED) is 0.753. The van der Waals surface area contributed by atoms with Gasteiger partial charge in [-0.1, -0.05) is 30.7 Å². The van der Waals surface area contributed by atoms with E-state index in [0.717, 1.165) is 22.0 Å². The van der Waals surface area contributed by atoms with Crippen LogP contribution < -0.4 is 0 Å². The van der Waals surface area contributed by atoms with Gasteiger partial charge in [-0.05, 0) is 18.6 Å². The van der Waals surface area contributed by atoms with Gasteiger partial charge in [-0.25, -0.2) is 4.98 Å². The number of thiazole rings is 1. The Bertz CT molecular complexity index is 436. The highest BCUT2D eigenvalue weighted by atomic mass is 35.5. The molecule has 2 aromatic rings. The van der Waals surface area contributed by atoms with Crippen LogP contribution in [0.5, 0.6) is 0 Å². The van der Waals surface area contributed by atoms with Gasteiger partial charge in [0.15, 0.2) is 0 Å². The van der Waals surface area contributed by atoms with E-state index in [9.17, 15) is 0 Å². The van der Waals surface area contributed by atoms with Gasteiger partial charge in [-0.3, -0.25) is 0 Å². The lowest BCUT2D eigenvalue weighted by molar-refractivity contribution is 1.16. The van der Waals surface area contributed by atoms with Gasteiger partial charge in [0.1, 0.15) is 11.2 Å². The van der Waals surface area contributed by atoms with Crippen LogP contribution >= 0.6 is 22.9 Å². The van der Waals surface area contributed by atoms with E-state index in [1.54, 1.807) is 11.3 Å². The van der Waals surface area contributed by atoms with E-state index in [1.807, 2.05) is 24.3 Å². The molecule has 0 unspecified atom stereocenters. The third kappa shape index (κ3) is 1.97. The molecule has 0 fully saturated rings. The van der Waals surface area contributed by atoms with E-state index in [2.05, 4.69) is 18.1 Å². The molecule has 1 aromatic heterocycles. The summed E-state index contributed by atoms with van der Waals surface area (Å²) in [5.74, 6) is 0. The van der Waals surface area contributed by atoms with Gasteiger partial charge in [-0.15, -0.1) is 11.3 Å². The lowest BCUT2D eigenvalue weighted by Gasteiger charge is -1.95. The maximum Gasteiger partial charge on any atom is 0.124 e. The van der Waals surface area contributed by atoms with Crippen LogP contribution in [0.25, 0.3) is 10.6 Å². The molecule has 0 aliphatic rings. The summed E-state index contributed by atoms with van der Waals surface area (Å²) in [6, 6.07) is 7.74. The fraction of sp³-hybridized carbons (Fsp3) is 0.182. The largest absolute Gasteiger partial charge is 0.234 e. The number of benzene rings is 1. The van der Waals surface area contributed by atoms with Crippen LogP contribution in [-0.2, 0) is 6.42 Å². The predicted molar refractivity (Wildman–Crippen MR) is 60.8 cm³/mol.